The van der Waals surface area contributed by atoms with Crippen molar-refractivity contribution in [1.29, 1.82) is 0 Å². The van der Waals surface area contributed by atoms with Gasteiger partial charge in [0.15, 0.2) is 0 Å². The number of unbranched alkanes of at least 4 members (excludes halogenated alkanes) is 1. The number of carbonyl (C=O) groups is 1. The number of methoxy groups -OCH3 is 1. The first-order valence-electron chi connectivity index (χ1n) is 11.5. The first kappa shape index (κ1) is 26.2. The summed E-state index contributed by atoms with van der Waals surface area (Å²) >= 11 is 0. The average Bonchev–Trinajstić information content (AvgIpc) is 2.77. The van der Waals surface area contributed by atoms with E-state index in [1.807, 2.05) is 0 Å². The van der Waals surface area contributed by atoms with E-state index in [9.17, 15) is 18.0 Å². The minimum atomic E-state index is -4.97. The molecule has 0 fully saturated rings. The van der Waals surface area contributed by atoms with Crippen LogP contribution >= 0.6 is 0 Å². The molecular formula is C26H35F3O3. The van der Waals surface area contributed by atoms with Crippen LogP contribution in [0.2, 0.25) is 0 Å². The fraction of sp³-hybridized carbons (Fsp3) is 0.577. The summed E-state index contributed by atoms with van der Waals surface area (Å²) in [6.07, 6.45) is 7.44. The predicted octanol–water partition coefficient (Wildman–Crippen LogP) is 7.28. The number of allylic oxidation sites excluding steroid dienone is 3. The summed E-state index contributed by atoms with van der Waals surface area (Å²) in [7, 11) is 0.902. The molecule has 0 unspecified atom stereocenters. The lowest BCUT2D eigenvalue weighted by Gasteiger charge is -2.36. The topological polar surface area (TPSA) is 35.5 Å². The van der Waals surface area contributed by atoms with E-state index in [2.05, 4.69) is 32.1 Å². The molecule has 3 nitrogen and oxygen atoms in total. The number of rotatable bonds is 11. The van der Waals surface area contributed by atoms with Gasteiger partial charge in [0.25, 0.3) is 5.60 Å². The summed E-state index contributed by atoms with van der Waals surface area (Å²) in [4.78, 5) is 13.1. The van der Waals surface area contributed by atoms with Gasteiger partial charge in [-0.3, -0.25) is 0 Å². The van der Waals surface area contributed by atoms with Gasteiger partial charge in [-0.2, -0.15) is 13.2 Å². The average molecular weight is 453 g/mol. The van der Waals surface area contributed by atoms with Crippen LogP contribution in [-0.2, 0) is 19.9 Å². The van der Waals surface area contributed by atoms with Crippen molar-refractivity contribution in [3.8, 4) is 0 Å². The van der Waals surface area contributed by atoms with Crippen LogP contribution in [0.4, 0.5) is 13.2 Å². The monoisotopic (exact) mass is 452 g/mol. The molecule has 0 saturated heterocycles. The van der Waals surface area contributed by atoms with Crippen molar-refractivity contribution >= 4 is 5.97 Å². The number of carbonyl (C=O) groups excluding carboxylic acids is 1. The van der Waals surface area contributed by atoms with E-state index < -0.39 is 23.9 Å². The maximum atomic E-state index is 14.2. The molecule has 1 aromatic rings. The summed E-state index contributed by atoms with van der Waals surface area (Å²) < 4.78 is 53.2. The van der Waals surface area contributed by atoms with Crippen LogP contribution in [0.1, 0.15) is 70.8 Å². The fourth-order valence-corrected chi connectivity index (χ4v) is 4.22. The first-order chi connectivity index (χ1) is 15.3. The van der Waals surface area contributed by atoms with E-state index in [1.54, 1.807) is 6.07 Å². The second-order valence-electron chi connectivity index (χ2n) is 8.32. The third kappa shape index (κ3) is 6.25. The second kappa shape index (κ2) is 12.2. The third-order valence-electron chi connectivity index (χ3n) is 6.06. The van der Waals surface area contributed by atoms with Gasteiger partial charge in [-0.15, -0.1) is 0 Å². The molecule has 1 aliphatic carbocycles. The number of halogens is 3. The Morgan fingerprint density at radius 3 is 2.47 bits per heavy atom. The highest BCUT2D eigenvalue weighted by molar-refractivity contribution is 5.83. The molecule has 0 aliphatic heterocycles. The van der Waals surface area contributed by atoms with E-state index in [0.717, 1.165) is 51.2 Å². The summed E-state index contributed by atoms with van der Waals surface area (Å²) in [5.74, 6) is -1.14. The Morgan fingerprint density at radius 1 is 1.16 bits per heavy atom. The van der Waals surface area contributed by atoms with Crippen molar-refractivity contribution in [2.45, 2.75) is 83.1 Å². The van der Waals surface area contributed by atoms with Crippen molar-refractivity contribution < 1.29 is 27.4 Å². The quantitative estimate of drug-likeness (QED) is 0.261. The normalized spacial score (nSPS) is 21.2. The minimum Gasteiger partial charge on any atom is -0.455 e. The van der Waals surface area contributed by atoms with Crippen molar-refractivity contribution in [1.82, 2.24) is 0 Å². The maximum Gasteiger partial charge on any atom is 0.432 e. The molecule has 0 bridgehead atoms. The van der Waals surface area contributed by atoms with Gasteiger partial charge in [-0.25, -0.2) is 4.79 Å². The van der Waals surface area contributed by atoms with Crippen molar-refractivity contribution in [3.63, 3.8) is 0 Å². The highest BCUT2D eigenvalue weighted by Crippen LogP contribution is 2.44. The molecule has 0 saturated carbocycles. The molecule has 0 radical (unpaired) electrons. The lowest BCUT2D eigenvalue weighted by molar-refractivity contribution is -0.278. The smallest absolute Gasteiger partial charge is 0.432 e. The van der Waals surface area contributed by atoms with Crippen molar-refractivity contribution in [3.05, 3.63) is 59.7 Å². The Labute approximate surface area is 189 Å². The maximum absolute atomic E-state index is 14.2. The number of esters is 1. The Kier molecular flexibility index (Phi) is 10.0. The third-order valence-corrected chi connectivity index (χ3v) is 6.06. The van der Waals surface area contributed by atoms with Crippen LogP contribution < -0.4 is 0 Å². The van der Waals surface area contributed by atoms with Crippen LogP contribution in [0, 0.1) is 5.92 Å². The van der Waals surface area contributed by atoms with Crippen LogP contribution in [0.3, 0.4) is 0 Å². The summed E-state index contributed by atoms with van der Waals surface area (Å²) in [5, 5.41) is 0. The molecule has 2 rings (SSSR count). The molecule has 1 aliphatic rings. The molecule has 0 spiro atoms. The number of ether oxygens (including phenoxy) is 2. The fourth-order valence-electron chi connectivity index (χ4n) is 4.22. The summed E-state index contributed by atoms with van der Waals surface area (Å²) in [6, 6.07) is 6.99. The van der Waals surface area contributed by atoms with Crippen LogP contribution in [0.5, 0.6) is 0 Å². The second-order valence-corrected chi connectivity index (χ2v) is 8.32. The lowest BCUT2D eigenvalue weighted by atomic mass is 9.82. The molecule has 32 heavy (non-hydrogen) atoms. The highest BCUT2D eigenvalue weighted by atomic mass is 19.4. The van der Waals surface area contributed by atoms with Gasteiger partial charge in [0.2, 0.25) is 0 Å². The largest absolute Gasteiger partial charge is 0.455 e. The van der Waals surface area contributed by atoms with Gasteiger partial charge in [-0.05, 0) is 56.4 Å². The SMILES string of the molecule is CC/C=C\CC[C@@H]1CC=C(CCCC)[C@H](OC(=O)[C@@](OC)(c2ccccc2)C(F)(F)F)C1. The van der Waals surface area contributed by atoms with E-state index in [4.69, 9.17) is 9.47 Å². The number of hydrogen-bond donors (Lipinski definition) is 0. The molecule has 178 valence electrons. The van der Waals surface area contributed by atoms with Crippen molar-refractivity contribution in [2.24, 2.45) is 5.92 Å². The standard InChI is InChI=1S/C26H35F3O3/c1-4-6-8-10-13-20-17-18-21(14-7-5-2)23(19-20)32-24(30)25(31-3,26(27,28)29)22-15-11-9-12-16-22/h6,8-9,11-12,15-16,18,20,23H,4-5,7,10,13-14,17,19H2,1-3H3/b8-6-/t20-,23-,25+/m1/s1. The lowest BCUT2D eigenvalue weighted by Crippen LogP contribution is -2.52. The van der Waals surface area contributed by atoms with Gasteiger partial charge < -0.3 is 9.47 Å². The molecule has 3 atom stereocenters. The Balaban J connectivity index is 2.28. The molecular weight excluding hydrogens is 417 g/mol. The summed E-state index contributed by atoms with van der Waals surface area (Å²) in [6.45, 7) is 4.13. The van der Waals surface area contributed by atoms with E-state index >= 15 is 0 Å². The molecule has 6 heteroatoms. The Morgan fingerprint density at radius 2 is 1.88 bits per heavy atom. The molecule has 1 aromatic carbocycles. The molecule has 0 aromatic heterocycles. The van der Waals surface area contributed by atoms with Crippen molar-refractivity contribution in [2.75, 3.05) is 7.11 Å². The van der Waals surface area contributed by atoms with Crippen LogP contribution in [-0.4, -0.2) is 25.4 Å². The number of benzene rings is 1. The van der Waals surface area contributed by atoms with Gasteiger partial charge >= 0.3 is 12.1 Å². The van der Waals surface area contributed by atoms with Gasteiger partial charge in [0.1, 0.15) is 6.10 Å². The zero-order chi connectivity index (χ0) is 23.6. The molecule has 0 heterocycles. The zero-order valence-corrected chi connectivity index (χ0v) is 19.3. The highest BCUT2D eigenvalue weighted by Gasteiger charge is 2.64. The number of alkyl halides is 3. The first-order valence-corrected chi connectivity index (χ1v) is 11.5. The Hall–Kier alpha value is -2.08. The zero-order valence-electron chi connectivity index (χ0n) is 19.3. The molecule has 0 amide bonds. The minimum absolute atomic E-state index is 0.263. The Bertz CT molecular complexity index is 770. The van der Waals surface area contributed by atoms with Crippen LogP contribution in [0.15, 0.2) is 54.1 Å². The molecule has 0 N–H and O–H groups in total. The van der Waals surface area contributed by atoms with Crippen LogP contribution in [0.25, 0.3) is 0 Å². The van der Waals surface area contributed by atoms with Gasteiger partial charge in [0.05, 0.1) is 0 Å². The predicted molar refractivity (Wildman–Crippen MR) is 120 cm³/mol. The van der Waals surface area contributed by atoms with Gasteiger partial charge in [0, 0.05) is 12.7 Å². The van der Waals surface area contributed by atoms with E-state index in [-0.39, 0.29) is 11.5 Å². The van der Waals surface area contributed by atoms with Gasteiger partial charge in [-0.1, -0.05) is 68.8 Å². The number of hydrogen-bond acceptors (Lipinski definition) is 3. The van der Waals surface area contributed by atoms with E-state index in [0.29, 0.717) is 12.8 Å². The van der Waals surface area contributed by atoms with E-state index in [1.165, 1.54) is 24.3 Å². The summed E-state index contributed by atoms with van der Waals surface area (Å²) in [5.41, 5.74) is -2.52.